The Morgan fingerprint density at radius 3 is 2.70 bits per heavy atom. The number of carbonyl (C=O) groups excluding carboxylic acids is 1. The van der Waals surface area contributed by atoms with Crippen LogP contribution in [0.5, 0.6) is 5.75 Å². The third-order valence-electron chi connectivity index (χ3n) is 5.51. The van der Waals surface area contributed by atoms with Gasteiger partial charge >= 0.3 is 5.97 Å². The lowest BCUT2D eigenvalue weighted by molar-refractivity contribution is -0.0304. The number of benzene rings is 1. The van der Waals surface area contributed by atoms with Crippen molar-refractivity contribution in [2.45, 2.75) is 26.2 Å². The van der Waals surface area contributed by atoms with Crippen LogP contribution in [-0.4, -0.2) is 47.2 Å². The number of aromatic hydroxyl groups is 1. The van der Waals surface area contributed by atoms with Gasteiger partial charge in [-0.1, -0.05) is 0 Å². The van der Waals surface area contributed by atoms with Crippen molar-refractivity contribution < 1.29 is 14.6 Å². The SMILES string of the molecule is Cc1cc(O)c2c(C(=O)OCC34CCN(CC3)CC4)c[nH]c2c1. The first-order chi connectivity index (χ1) is 11.1. The van der Waals surface area contributed by atoms with Gasteiger partial charge in [-0.15, -0.1) is 0 Å². The molecular weight excluding hydrogens is 292 g/mol. The second-order valence-electron chi connectivity index (χ2n) is 7.08. The molecule has 0 radical (unpaired) electrons. The number of aryl methyl sites for hydroxylation is 1. The largest absolute Gasteiger partial charge is 0.507 e. The Bertz CT molecular complexity index is 743. The molecule has 4 heterocycles. The molecule has 1 aromatic heterocycles. The predicted octanol–water partition coefficient (Wildman–Crippen LogP) is 2.82. The van der Waals surface area contributed by atoms with Crippen molar-refractivity contribution in [1.82, 2.24) is 9.88 Å². The minimum atomic E-state index is -0.349. The standard InChI is InChI=1S/C18H22N2O3/c1-12-8-14-16(15(21)9-12)13(10-19-14)17(22)23-11-18-2-5-20(6-3-18)7-4-18/h8-10,19,21H,2-7,11H2,1H3. The van der Waals surface area contributed by atoms with E-state index in [1.165, 1.54) is 0 Å². The summed E-state index contributed by atoms with van der Waals surface area (Å²) in [6.07, 6.45) is 4.96. The average Bonchev–Trinajstić information content (AvgIpc) is 2.98. The Morgan fingerprint density at radius 1 is 1.30 bits per heavy atom. The van der Waals surface area contributed by atoms with Gasteiger partial charge < -0.3 is 19.7 Å². The molecule has 0 spiro atoms. The number of esters is 1. The maximum atomic E-state index is 12.5. The summed E-state index contributed by atoms with van der Waals surface area (Å²) in [5.41, 5.74) is 2.29. The predicted molar refractivity (Wildman–Crippen MR) is 87.7 cm³/mol. The van der Waals surface area contributed by atoms with Gasteiger partial charge in [-0.2, -0.15) is 0 Å². The number of hydrogen-bond donors (Lipinski definition) is 2. The molecule has 0 amide bonds. The van der Waals surface area contributed by atoms with E-state index in [0.717, 1.165) is 50.0 Å². The Kier molecular flexibility index (Phi) is 3.34. The summed E-state index contributed by atoms with van der Waals surface area (Å²) in [5, 5.41) is 10.7. The second-order valence-corrected chi connectivity index (χ2v) is 7.08. The van der Waals surface area contributed by atoms with Gasteiger partial charge in [-0.3, -0.25) is 0 Å². The highest BCUT2D eigenvalue weighted by Gasteiger charge is 2.40. The lowest BCUT2D eigenvalue weighted by atomic mass is 9.73. The highest BCUT2D eigenvalue weighted by atomic mass is 16.5. The van der Waals surface area contributed by atoms with E-state index in [2.05, 4.69) is 9.88 Å². The Hall–Kier alpha value is -2.01. The number of phenolic OH excluding ortho intramolecular Hbond substituents is 1. The normalized spacial score (nSPS) is 26.6. The van der Waals surface area contributed by atoms with Crippen LogP contribution in [0.2, 0.25) is 0 Å². The molecule has 3 aliphatic rings. The summed E-state index contributed by atoms with van der Waals surface area (Å²) in [5.74, 6) is -0.227. The average molecular weight is 314 g/mol. The van der Waals surface area contributed by atoms with Crippen molar-refractivity contribution in [1.29, 1.82) is 0 Å². The number of carbonyl (C=O) groups is 1. The van der Waals surface area contributed by atoms with Gasteiger partial charge in [0, 0.05) is 11.6 Å². The molecule has 3 saturated heterocycles. The van der Waals surface area contributed by atoms with Gasteiger partial charge in [0.2, 0.25) is 0 Å². The number of H-pyrrole nitrogens is 1. The number of nitrogens with one attached hydrogen (secondary N) is 1. The summed E-state index contributed by atoms with van der Waals surface area (Å²) in [7, 11) is 0. The number of aromatic amines is 1. The number of rotatable bonds is 3. The molecule has 122 valence electrons. The second kappa shape index (κ2) is 5.27. The zero-order valence-corrected chi connectivity index (χ0v) is 13.4. The summed E-state index contributed by atoms with van der Waals surface area (Å²) < 4.78 is 5.65. The molecule has 2 aromatic rings. The minimum Gasteiger partial charge on any atom is -0.507 e. The zero-order chi connectivity index (χ0) is 16.0. The van der Waals surface area contributed by atoms with Gasteiger partial charge in [-0.05, 0) is 63.5 Å². The number of ether oxygens (including phenoxy) is 1. The van der Waals surface area contributed by atoms with E-state index in [1.54, 1.807) is 12.3 Å². The number of phenols is 1. The number of nitrogens with zero attached hydrogens (tertiary/aromatic N) is 1. The van der Waals surface area contributed by atoms with Crippen LogP contribution in [0.4, 0.5) is 0 Å². The highest BCUT2D eigenvalue weighted by molar-refractivity contribution is 6.06. The van der Waals surface area contributed by atoms with Crippen molar-refractivity contribution >= 4 is 16.9 Å². The van der Waals surface area contributed by atoms with Crippen molar-refractivity contribution in [3.05, 3.63) is 29.5 Å². The number of fused-ring (bicyclic) bond motifs is 4. The molecule has 5 rings (SSSR count). The van der Waals surface area contributed by atoms with E-state index >= 15 is 0 Å². The molecule has 0 unspecified atom stereocenters. The van der Waals surface area contributed by atoms with Crippen LogP contribution in [0.15, 0.2) is 18.3 Å². The van der Waals surface area contributed by atoms with E-state index in [1.807, 2.05) is 13.0 Å². The molecule has 0 aliphatic carbocycles. The van der Waals surface area contributed by atoms with Crippen LogP contribution in [0.25, 0.3) is 10.9 Å². The first-order valence-corrected chi connectivity index (χ1v) is 8.27. The van der Waals surface area contributed by atoms with E-state index in [0.29, 0.717) is 17.6 Å². The van der Waals surface area contributed by atoms with Crippen LogP contribution in [0.1, 0.15) is 35.2 Å². The Balaban J connectivity index is 1.53. The van der Waals surface area contributed by atoms with Crippen molar-refractivity contribution in [3.63, 3.8) is 0 Å². The summed E-state index contributed by atoms with van der Waals surface area (Å²) >= 11 is 0. The Morgan fingerprint density at radius 2 is 2.00 bits per heavy atom. The molecule has 3 fully saturated rings. The van der Waals surface area contributed by atoms with Crippen LogP contribution < -0.4 is 0 Å². The topological polar surface area (TPSA) is 65.6 Å². The summed E-state index contributed by atoms with van der Waals surface area (Å²) in [6, 6.07) is 3.59. The molecule has 5 heteroatoms. The maximum Gasteiger partial charge on any atom is 0.340 e. The molecule has 2 bridgehead atoms. The van der Waals surface area contributed by atoms with Crippen LogP contribution in [-0.2, 0) is 4.74 Å². The molecule has 0 saturated carbocycles. The lowest BCUT2D eigenvalue weighted by Crippen LogP contribution is -2.50. The van der Waals surface area contributed by atoms with Crippen molar-refractivity contribution in [2.75, 3.05) is 26.2 Å². The van der Waals surface area contributed by atoms with Gasteiger partial charge in [0.15, 0.2) is 0 Å². The van der Waals surface area contributed by atoms with Gasteiger partial charge in [0.1, 0.15) is 5.75 Å². The fraction of sp³-hybridized carbons (Fsp3) is 0.500. The van der Waals surface area contributed by atoms with Crippen LogP contribution >= 0.6 is 0 Å². The van der Waals surface area contributed by atoms with Gasteiger partial charge in [0.25, 0.3) is 0 Å². The number of aromatic nitrogens is 1. The molecule has 2 N–H and O–H groups in total. The number of piperidine rings is 3. The smallest absolute Gasteiger partial charge is 0.340 e. The number of hydrogen-bond acceptors (Lipinski definition) is 4. The van der Waals surface area contributed by atoms with Gasteiger partial charge in [0.05, 0.1) is 23.1 Å². The van der Waals surface area contributed by atoms with E-state index < -0.39 is 0 Å². The van der Waals surface area contributed by atoms with E-state index in [9.17, 15) is 9.90 Å². The zero-order valence-electron chi connectivity index (χ0n) is 13.4. The maximum absolute atomic E-state index is 12.5. The van der Waals surface area contributed by atoms with E-state index in [4.69, 9.17) is 4.74 Å². The molecule has 3 aliphatic heterocycles. The van der Waals surface area contributed by atoms with Gasteiger partial charge in [-0.25, -0.2) is 4.79 Å². The minimum absolute atomic E-state index is 0.123. The summed E-state index contributed by atoms with van der Waals surface area (Å²) in [4.78, 5) is 18.0. The van der Waals surface area contributed by atoms with Crippen molar-refractivity contribution in [2.24, 2.45) is 5.41 Å². The molecular formula is C18H22N2O3. The third-order valence-corrected chi connectivity index (χ3v) is 5.51. The highest BCUT2D eigenvalue weighted by Crippen LogP contribution is 2.40. The quantitative estimate of drug-likeness (QED) is 0.855. The van der Waals surface area contributed by atoms with E-state index in [-0.39, 0.29) is 17.1 Å². The Labute approximate surface area is 135 Å². The first-order valence-electron chi connectivity index (χ1n) is 8.27. The fourth-order valence-electron chi connectivity index (χ4n) is 3.96. The first kappa shape index (κ1) is 14.6. The summed E-state index contributed by atoms with van der Waals surface area (Å²) in [6.45, 7) is 5.74. The third kappa shape index (κ3) is 2.49. The molecule has 23 heavy (non-hydrogen) atoms. The van der Waals surface area contributed by atoms with Crippen LogP contribution in [0, 0.1) is 12.3 Å². The van der Waals surface area contributed by atoms with Crippen LogP contribution in [0.3, 0.4) is 0 Å². The molecule has 1 aromatic carbocycles. The fourth-order valence-corrected chi connectivity index (χ4v) is 3.96. The van der Waals surface area contributed by atoms with Crippen molar-refractivity contribution in [3.8, 4) is 5.75 Å². The monoisotopic (exact) mass is 314 g/mol. The lowest BCUT2D eigenvalue weighted by Gasteiger charge is -2.47. The molecule has 5 nitrogen and oxygen atoms in total. The molecule has 0 atom stereocenters.